The van der Waals surface area contributed by atoms with Crippen LogP contribution in [0.25, 0.3) is 11.1 Å². The van der Waals surface area contributed by atoms with Crippen LogP contribution in [-0.4, -0.2) is 17.6 Å². The Kier molecular flexibility index (Phi) is 4.14. The number of nitrogen functional groups attached to an aromatic ring is 1. The molecule has 0 bridgehead atoms. The van der Waals surface area contributed by atoms with Gasteiger partial charge in [-0.2, -0.15) is 5.26 Å². The lowest BCUT2D eigenvalue weighted by molar-refractivity contribution is 0.0520. The van der Waals surface area contributed by atoms with Gasteiger partial charge in [0.1, 0.15) is 17.7 Å². The zero-order valence-corrected chi connectivity index (χ0v) is 11.3. The molecule has 106 valence electrons. The number of aromatic nitrogens is 1. The van der Waals surface area contributed by atoms with Gasteiger partial charge in [-0.15, -0.1) is 0 Å². The number of carbonyl (C=O) groups is 1. The van der Waals surface area contributed by atoms with E-state index in [1.54, 1.807) is 6.92 Å². The molecule has 0 atom stereocenters. The Morgan fingerprint density at radius 1 is 1.43 bits per heavy atom. The van der Waals surface area contributed by atoms with Gasteiger partial charge in [-0.05, 0) is 30.7 Å². The molecule has 2 aromatic rings. The Hall–Kier alpha value is -2.94. The molecule has 0 saturated heterocycles. The van der Waals surface area contributed by atoms with Crippen LogP contribution in [0.2, 0.25) is 0 Å². The number of carbonyl (C=O) groups excluding carboxylic acids is 1. The Labute approximate surface area is 120 Å². The van der Waals surface area contributed by atoms with Gasteiger partial charge in [0, 0.05) is 5.56 Å². The van der Waals surface area contributed by atoms with E-state index < -0.39 is 11.8 Å². The molecule has 2 rings (SSSR count). The molecule has 1 aromatic carbocycles. The summed E-state index contributed by atoms with van der Waals surface area (Å²) in [5, 5.41) is 9.02. The third kappa shape index (κ3) is 2.98. The van der Waals surface area contributed by atoms with Crippen molar-refractivity contribution < 1.29 is 13.9 Å². The SMILES string of the molecule is CCOC(=O)c1nc(N)c(C#N)cc1-c1ccc(F)cc1. The van der Waals surface area contributed by atoms with E-state index in [0.717, 1.165) is 0 Å². The third-order valence-electron chi connectivity index (χ3n) is 2.80. The molecule has 0 aliphatic carbocycles. The molecule has 2 N–H and O–H groups in total. The largest absolute Gasteiger partial charge is 0.461 e. The molecule has 1 aromatic heterocycles. The van der Waals surface area contributed by atoms with Crippen molar-refractivity contribution in [2.75, 3.05) is 12.3 Å². The number of nitrogens with zero attached hydrogens (tertiary/aromatic N) is 2. The van der Waals surface area contributed by atoms with Crippen LogP contribution in [0.3, 0.4) is 0 Å². The van der Waals surface area contributed by atoms with E-state index in [4.69, 9.17) is 15.7 Å². The highest BCUT2D eigenvalue weighted by atomic mass is 19.1. The van der Waals surface area contributed by atoms with Gasteiger partial charge in [0.05, 0.1) is 12.2 Å². The van der Waals surface area contributed by atoms with Crippen molar-refractivity contribution in [2.24, 2.45) is 0 Å². The van der Waals surface area contributed by atoms with E-state index in [1.807, 2.05) is 6.07 Å². The third-order valence-corrected chi connectivity index (χ3v) is 2.80. The quantitative estimate of drug-likeness (QED) is 0.875. The number of rotatable bonds is 3. The first-order valence-corrected chi connectivity index (χ1v) is 6.20. The van der Waals surface area contributed by atoms with E-state index in [9.17, 15) is 9.18 Å². The molecular formula is C15H12FN3O2. The molecular weight excluding hydrogens is 273 g/mol. The van der Waals surface area contributed by atoms with E-state index >= 15 is 0 Å². The lowest BCUT2D eigenvalue weighted by atomic mass is 10.0. The number of nitriles is 1. The first-order chi connectivity index (χ1) is 10.1. The Balaban J connectivity index is 2.63. The summed E-state index contributed by atoms with van der Waals surface area (Å²) in [6, 6.07) is 8.85. The van der Waals surface area contributed by atoms with Crippen LogP contribution in [0.5, 0.6) is 0 Å². The summed E-state index contributed by atoms with van der Waals surface area (Å²) < 4.78 is 17.9. The summed E-state index contributed by atoms with van der Waals surface area (Å²) in [6.07, 6.45) is 0. The first-order valence-electron chi connectivity index (χ1n) is 6.20. The van der Waals surface area contributed by atoms with E-state index in [2.05, 4.69) is 4.98 Å². The number of hydrogen-bond acceptors (Lipinski definition) is 5. The summed E-state index contributed by atoms with van der Waals surface area (Å²) >= 11 is 0. The first kappa shape index (κ1) is 14.5. The minimum Gasteiger partial charge on any atom is -0.461 e. The molecule has 0 aliphatic rings. The second-order valence-corrected chi connectivity index (χ2v) is 4.16. The Bertz CT molecular complexity index is 721. The molecule has 5 nitrogen and oxygen atoms in total. The number of halogens is 1. The normalized spacial score (nSPS) is 9.95. The molecule has 21 heavy (non-hydrogen) atoms. The average Bonchev–Trinajstić information content (AvgIpc) is 2.48. The number of esters is 1. The molecule has 6 heteroatoms. The predicted octanol–water partition coefficient (Wildman–Crippen LogP) is 2.52. The van der Waals surface area contributed by atoms with Gasteiger partial charge in [-0.3, -0.25) is 0 Å². The summed E-state index contributed by atoms with van der Waals surface area (Å²) in [4.78, 5) is 15.9. The fraction of sp³-hybridized carbons (Fsp3) is 0.133. The number of hydrogen-bond donors (Lipinski definition) is 1. The lowest BCUT2D eigenvalue weighted by Gasteiger charge is -2.10. The molecule has 0 radical (unpaired) electrons. The van der Waals surface area contributed by atoms with Crippen LogP contribution >= 0.6 is 0 Å². The fourth-order valence-electron chi connectivity index (χ4n) is 1.82. The Morgan fingerprint density at radius 2 is 2.10 bits per heavy atom. The van der Waals surface area contributed by atoms with E-state index in [1.165, 1.54) is 30.3 Å². The summed E-state index contributed by atoms with van der Waals surface area (Å²) in [5.74, 6) is -1.10. The van der Waals surface area contributed by atoms with E-state index in [0.29, 0.717) is 11.1 Å². The highest BCUT2D eigenvalue weighted by Gasteiger charge is 2.19. The smallest absolute Gasteiger partial charge is 0.357 e. The van der Waals surface area contributed by atoms with Gasteiger partial charge in [0.25, 0.3) is 0 Å². The molecule has 0 aliphatic heterocycles. The standard InChI is InChI=1S/C15H12FN3O2/c1-2-21-15(20)13-12(7-10(8-17)14(18)19-13)9-3-5-11(16)6-4-9/h3-7H,2H2,1H3,(H2,18,19). The zero-order chi connectivity index (χ0) is 15.4. The van der Waals surface area contributed by atoms with Crippen molar-refractivity contribution >= 4 is 11.8 Å². The maximum absolute atomic E-state index is 13.0. The molecule has 0 fully saturated rings. The second-order valence-electron chi connectivity index (χ2n) is 4.16. The zero-order valence-electron chi connectivity index (χ0n) is 11.3. The van der Waals surface area contributed by atoms with Gasteiger partial charge >= 0.3 is 5.97 Å². The molecule has 0 unspecified atom stereocenters. The van der Waals surface area contributed by atoms with Gasteiger partial charge in [-0.1, -0.05) is 12.1 Å². The van der Waals surface area contributed by atoms with Crippen LogP contribution in [0.4, 0.5) is 10.2 Å². The molecule has 1 heterocycles. The van der Waals surface area contributed by atoms with Crippen molar-refractivity contribution in [3.63, 3.8) is 0 Å². The van der Waals surface area contributed by atoms with Crippen LogP contribution in [-0.2, 0) is 4.74 Å². The fourth-order valence-corrected chi connectivity index (χ4v) is 1.82. The monoisotopic (exact) mass is 285 g/mol. The van der Waals surface area contributed by atoms with Crippen LogP contribution < -0.4 is 5.73 Å². The molecule has 0 saturated carbocycles. The van der Waals surface area contributed by atoms with Crippen LogP contribution in [0.1, 0.15) is 23.0 Å². The minimum atomic E-state index is -0.645. The van der Waals surface area contributed by atoms with Gasteiger partial charge in [-0.25, -0.2) is 14.2 Å². The number of nitrogens with two attached hydrogens (primary N) is 1. The van der Waals surface area contributed by atoms with Gasteiger partial charge < -0.3 is 10.5 Å². The summed E-state index contributed by atoms with van der Waals surface area (Å²) in [5.41, 5.74) is 6.70. The van der Waals surface area contributed by atoms with Crippen molar-refractivity contribution in [3.05, 3.63) is 47.4 Å². The van der Waals surface area contributed by atoms with Crippen molar-refractivity contribution in [2.45, 2.75) is 6.92 Å². The van der Waals surface area contributed by atoms with Crippen molar-refractivity contribution in [1.82, 2.24) is 4.98 Å². The average molecular weight is 285 g/mol. The maximum atomic E-state index is 13.0. The molecule has 0 amide bonds. The van der Waals surface area contributed by atoms with Crippen LogP contribution in [0, 0.1) is 17.1 Å². The van der Waals surface area contributed by atoms with E-state index in [-0.39, 0.29) is 23.7 Å². The summed E-state index contributed by atoms with van der Waals surface area (Å²) in [6.45, 7) is 1.85. The van der Waals surface area contributed by atoms with Crippen molar-refractivity contribution in [3.8, 4) is 17.2 Å². The van der Waals surface area contributed by atoms with Crippen LogP contribution in [0.15, 0.2) is 30.3 Å². The lowest BCUT2D eigenvalue weighted by Crippen LogP contribution is -2.11. The topological polar surface area (TPSA) is 89.0 Å². The Morgan fingerprint density at radius 3 is 2.67 bits per heavy atom. The number of pyridine rings is 1. The van der Waals surface area contributed by atoms with Crippen molar-refractivity contribution in [1.29, 1.82) is 5.26 Å². The highest BCUT2D eigenvalue weighted by Crippen LogP contribution is 2.26. The number of anilines is 1. The maximum Gasteiger partial charge on any atom is 0.357 e. The predicted molar refractivity (Wildman–Crippen MR) is 74.7 cm³/mol. The minimum absolute atomic E-state index is 0.0000387. The highest BCUT2D eigenvalue weighted by molar-refractivity contribution is 5.96. The number of ether oxygens (including phenoxy) is 1. The summed E-state index contributed by atoms with van der Waals surface area (Å²) in [7, 11) is 0. The second kappa shape index (κ2) is 6.01. The molecule has 0 spiro atoms. The number of benzene rings is 1. The van der Waals surface area contributed by atoms with Gasteiger partial charge in [0.15, 0.2) is 5.69 Å². The van der Waals surface area contributed by atoms with Gasteiger partial charge in [0.2, 0.25) is 0 Å².